The highest BCUT2D eigenvalue weighted by Gasteiger charge is 2.32. The van der Waals surface area contributed by atoms with Crippen LogP contribution >= 0.6 is 11.8 Å². The summed E-state index contributed by atoms with van der Waals surface area (Å²) in [5.74, 6) is 2.11. The van der Waals surface area contributed by atoms with E-state index in [1.807, 2.05) is 23.7 Å². The van der Waals surface area contributed by atoms with Crippen molar-refractivity contribution in [1.29, 1.82) is 0 Å². The lowest BCUT2D eigenvalue weighted by Gasteiger charge is -2.28. The first-order valence-corrected chi connectivity index (χ1v) is 10.1. The molecule has 2 fully saturated rings. The second-order valence-corrected chi connectivity index (χ2v) is 7.88. The van der Waals surface area contributed by atoms with Gasteiger partial charge in [-0.1, -0.05) is 24.4 Å². The van der Waals surface area contributed by atoms with E-state index in [0.29, 0.717) is 35.9 Å². The predicted molar refractivity (Wildman–Crippen MR) is 91.5 cm³/mol. The van der Waals surface area contributed by atoms with Gasteiger partial charge >= 0.3 is 0 Å². The van der Waals surface area contributed by atoms with Crippen molar-refractivity contribution in [3.8, 4) is 0 Å². The molecule has 0 N–H and O–H groups in total. The van der Waals surface area contributed by atoms with Gasteiger partial charge in [0.25, 0.3) is 0 Å². The summed E-state index contributed by atoms with van der Waals surface area (Å²) in [5.41, 5.74) is 0. The SMILES string of the molecule is CS[C@H]1CCC[C@@H]1N(C)C(=O)CCc1nc(C2CCCC2)no1. The molecule has 0 radical (unpaired) electrons. The number of hydrogen-bond donors (Lipinski definition) is 0. The van der Waals surface area contributed by atoms with Crippen LogP contribution in [-0.4, -0.2) is 45.5 Å². The number of amides is 1. The first-order chi connectivity index (χ1) is 11.2. The van der Waals surface area contributed by atoms with E-state index in [1.54, 1.807) is 0 Å². The Kier molecular flexibility index (Phi) is 5.62. The molecule has 2 aliphatic rings. The molecule has 23 heavy (non-hydrogen) atoms. The van der Waals surface area contributed by atoms with E-state index < -0.39 is 0 Å². The van der Waals surface area contributed by atoms with Crippen LogP contribution in [0, 0.1) is 0 Å². The quantitative estimate of drug-likeness (QED) is 0.796. The van der Waals surface area contributed by atoms with Gasteiger partial charge in [-0.05, 0) is 31.9 Å². The summed E-state index contributed by atoms with van der Waals surface area (Å²) in [4.78, 5) is 18.9. The summed E-state index contributed by atoms with van der Waals surface area (Å²) >= 11 is 1.88. The Morgan fingerprint density at radius 1 is 1.26 bits per heavy atom. The van der Waals surface area contributed by atoms with Crippen LogP contribution in [0.15, 0.2) is 4.52 Å². The third kappa shape index (κ3) is 3.90. The largest absolute Gasteiger partial charge is 0.342 e. The number of carbonyl (C=O) groups is 1. The van der Waals surface area contributed by atoms with Crippen molar-refractivity contribution in [3.05, 3.63) is 11.7 Å². The van der Waals surface area contributed by atoms with Crippen LogP contribution in [0.2, 0.25) is 0 Å². The molecule has 1 amide bonds. The maximum absolute atomic E-state index is 12.5. The molecule has 1 aromatic rings. The Hall–Kier alpha value is -1.04. The standard InChI is InChI=1S/C17H27N3O2S/c1-20(13-8-5-9-14(13)23-2)16(21)11-10-15-18-17(19-22-15)12-6-3-4-7-12/h12-14H,3-11H2,1-2H3/t13-,14-/m0/s1. The highest BCUT2D eigenvalue weighted by Crippen LogP contribution is 2.33. The van der Waals surface area contributed by atoms with E-state index in [2.05, 4.69) is 16.4 Å². The second-order valence-electron chi connectivity index (χ2n) is 6.80. The van der Waals surface area contributed by atoms with Crippen molar-refractivity contribution in [2.24, 2.45) is 0 Å². The Bertz CT molecular complexity index is 528. The molecule has 2 saturated carbocycles. The molecule has 2 aliphatic carbocycles. The smallest absolute Gasteiger partial charge is 0.227 e. The Balaban J connectivity index is 1.50. The third-order valence-electron chi connectivity index (χ3n) is 5.37. The molecule has 0 saturated heterocycles. The zero-order valence-electron chi connectivity index (χ0n) is 14.2. The predicted octanol–water partition coefficient (Wildman–Crippen LogP) is 3.40. The fourth-order valence-electron chi connectivity index (χ4n) is 3.92. The number of carbonyl (C=O) groups excluding carboxylic acids is 1. The van der Waals surface area contributed by atoms with Gasteiger partial charge in [-0.25, -0.2) is 0 Å². The van der Waals surface area contributed by atoms with E-state index in [0.717, 1.165) is 12.2 Å². The van der Waals surface area contributed by atoms with Crippen molar-refractivity contribution in [1.82, 2.24) is 15.0 Å². The summed E-state index contributed by atoms with van der Waals surface area (Å²) in [7, 11) is 1.94. The van der Waals surface area contributed by atoms with Gasteiger partial charge in [0.2, 0.25) is 11.8 Å². The van der Waals surface area contributed by atoms with E-state index in [-0.39, 0.29) is 5.91 Å². The molecule has 3 rings (SSSR count). The molecule has 1 heterocycles. The lowest BCUT2D eigenvalue weighted by Crippen LogP contribution is -2.40. The molecule has 0 aliphatic heterocycles. The number of aryl methyl sites for hydroxylation is 1. The van der Waals surface area contributed by atoms with Gasteiger partial charge in [0.1, 0.15) is 0 Å². The highest BCUT2D eigenvalue weighted by atomic mass is 32.2. The maximum atomic E-state index is 12.5. The maximum Gasteiger partial charge on any atom is 0.227 e. The lowest BCUT2D eigenvalue weighted by molar-refractivity contribution is -0.131. The minimum atomic E-state index is 0.191. The zero-order chi connectivity index (χ0) is 16.2. The van der Waals surface area contributed by atoms with E-state index >= 15 is 0 Å². The first kappa shape index (κ1) is 16.8. The molecule has 0 aromatic carbocycles. The van der Waals surface area contributed by atoms with Crippen molar-refractivity contribution < 1.29 is 9.32 Å². The Morgan fingerprint density at radius 2 is 2.04 bits per heavy atom. The average molecular weight is 337 g/mol. The minimum absolute atomic E-state index is 0.191. The van der Waals surface area contributed by atoms with Crippen molar-refractivity contribution >= 4 is 17.7 Å². The molecule has 2 atom stereocenters. The van der Waals surface area contributed by atoms with Crippen molar-refractivity contribution in [2.45, 2.75) is 75.0 Å². The second kappa shape index (κ2) is 7.69. The van der Waals surface area contributed by atoms with Crippen LogP contribution in [0.3, 0.4) is 0 Å². The van der Waals surface area contributed by atoms with Gasteiger partial charge in [-0.3, -0.25) is 4.79 Å². The lowest BCUT2D eigenvalue weighted by atomic mass is 10.1. The summed E-state index contributed by atoms with van der Waals surface area (Å²) in [5, 5.41) is 4.69. The van der Waals surface area contributed by atoms with E-state index in [4.69, 9.17) is 4.52 Å². The normalized spacial score (nSPS) is 25.1. The highest BCUT2D eigenvalue weighted by molar-refractivity contribution is 7.99. The summed E-state index contributed by atoms with van der Waals surface area (Å²) < 4.78 is 5.34. The Morgan fingerprint density at radius 3 is 2.78 bits per heavy atom. The minimum Gasteiger partial charge on any atom is -0.342 e. The fraction of sp³-hybridized carbons (Fsp3) is 0.824. The van der Waals surface area contributed by atoms with Crippen LogP contribution < -0.4 is 0 Å². The molecule has 0 unspecified atom stereocenters. The number of aromatic nitrogens is 2. The van der Waals surface area contributed by atoms with Gasteiger partial charge in [-0.15, -0.1) is 0 Å². The van der Waals surface area contributed by atoms with Crippen LogP contribution in [0.5, 0.6) is 0 Å². The molecule has 1 aromatic heterocycles. The third-order valence-corrected chi connectivity index (χ3v) is 6.52. The van der Waals surface area contributed by atoms with Gasteiger partial charge in [0.15, 0.2) is 5.82 Å². The van der Waals surface area contributed by atoms with Crippen molar-refractivity contribution in [3.63, 3.8) is 0 Å². The first-order valence-electron chi connectivity index (χ1n) is 8.80. The van der Waals surface area contributed by atoms with Gasteiger partial charge in [0.05, 0.1) is 0 Å². The molecular weight excluding hydrogens is 310 g/mol. The topological polar surface area (TPSA) is 59.2 Å². The summed E-state index contributed by atoms with van der Waals surface area (Å²) in [6, 6.07) is 0.384. The Labute approximate surface area is 142 Å². The average Bonchev–Trinajstić information content (AvgIpc) is 3.32. The van der Waals surface area contributed by atoms with Gasteiger partial charge in [0, 0.05) is 37.1 Å². The number of thioether (sulfide) groups is 1. The van der Waals surface area contributed by atoms with Crippen LogP contribution in [0.1, 0.15) is 69.0 Å². The van der Waals surface area contributed by atoms with E-state index in [9.17, 15) is 4.79 Å². The number of hydrogen-bond acceptors (Lipinski definition) is 5. The summed E-state index contributed by atoms with van der Waals surface area (Å²) in [6.45, 7) is 0. The van der Waals surface area contributed by atoms with Crippen molar-refractivity contribution in [2.75, 3.05) is 13.3 Å². The van der Waals surface area contributed by atoms with Gasteiger partial charge in [-0.2, -0.15) is 16.7 Å². The monoisotopic (exact) mass is 337 g/mol. The molecular formula is C17H27N3O2S. The van der Waals surface area contributed by atoms with Gasteiger partial charge < -0.3 is 9.42 Å². The number of rotatable bonds is 6. The molecule has 0 bridgehead atoms. The van der Waals surface area contributed by atoms with Crippen LogP contribution in [0.25, 0.3) is 0 Å². The molecule has 5 nitrogen and oxygen atoms in total. The molecule has 128 valence electrons. The van der Waals surface area contributed by atoms with Crippen LogP contribution in [0.4, 0.5) is 0 Å². The summed E-state index contributed by atoms with van der Waals surface area (Å²) in [6.07, 6.45) is 11.6. The molecule has 0 spiro atoms. The van der Waals surface area contributed by atoms with Crippen LogP contribution in [-0.2, 0) is 11.2 Å². The van der Waals surface area contributed by atoms with E-state index in [1.165, 1.54) is 38.5 Å². The fourth-order valence-corrected chi connectivity index (χ4v) is 4.95. The molecule has 6 heteroatoms. The number of nitrogens with zero attached hydrogens (tertiary/aromatic N) is 3. The zero-order valence-corrected chi connectivity index (χ0v) is 15.0.